The first-order valence-corrected chi connectivity index (χ1v) is 10.8. The summed E-state index contributed by atoms with van der Waals surface area (Å²) in [6.07, 6.45) is 3.06. The molecule has 1 aromatic heterocycles. The number of rotatable bonds is 9. The van der Waals surface area contributed by atoms with Gasteiger partial charge in [0.1, 0.15) is 5.75 Å². The van der Waals surface area contributed by atoms with Gasteiger partial charge in [0.15, 0.2) is 0 Å². The van der Waals surface area contributed by atoms with Crippen molar-refractivity contribution in [2.75, 3.05) is 24.2 Å². The number of carbonyl (C=O) groups is 1. The van der Waals surface area contributed by atoms with Crippen LogP contribution in [0.3, 0.4) is 0 Å². The van der Waals surface area contributed by atoms with E-state index in [2.05, 4.69) is 28.2 Å². The minimum Gasteiger partial charge on any atom is -0.494 e. The van der Waals surface area contributed by atoms with E-state index in [1.807, 2.05) is 50.2 Å². The molecule has 0 spiro atoms. The third kappa shape index (κ3) is 4.70. The molecule has 0 unspecified atom stereocenters. The number of anilines is 2. The molecule has 0 radical (unpaired) electrons. The molecular formula is C24H32N4O2. The van der Waals surface area contributed by atoms with E-state index >= 15 is 0 Å². The van der Waals surface area contributed by atoms with Crippen LogP contribution in [0.2, 0.25) is 0 Å². The maximum Gasteiger partial charge on any atom is 0.319 e. The lowest BCUT2D eigenvalue weighted by atomic mass is 10.1. The van der Waals surface area contributed by atoms with Crippen molar-refractivity contribution in [1.29, 1.82) is 0 Å². The molecule has 0 saturated heterocycles. The van der Waals surface area contributed by atoms with Crippen LogP contribution in [0.5, 0.6) is 5.75 Å². The molecule has 0 bridgehead atoms. The summed E-state index contributed by atoms with van der Waals surface area (Å²) in [4.78, 5) is 11.9. The number of amides is 2. The number of aromatic nitrogens is 1. The molecule has 3 rings (SSSR count). The van der Waals surface area contributed by atoms with Crippen LogP contribution < -0.4 is 21.1 Å². The second-order valence-electron chi connectivity index (χ2n) is 7.34. The predicted molar refractivity (Wildman–Crippen MR) is 125 cm³/mol. The van der Waals surface area contributed by atoms with E-state index in [-0.39, 0.29) is 6.03 Å². The SMILES string of the molecule is CCCCn1c(-c2ccc(NC(=O)NCCC)cc2)c(N)c2ccc(OCC)cc21. The van der Waals surface area contributed by atoms with Gasteiger partial charge in [0, 0.05) is 35.8 Å². The summed E-state index contributed by atoms with van der Waals surface area (Å²) in [5.41, 5.74) is 11.2. The maximum absolute atomic E-state index is 11.9. The van der Waals surface area contributed by atoms with E-state index in [9.17, 15) is 4.79 Å². The lowest BCUT2D eigenvalue weighted by molar-refractivity contribution is 0.252. The summed E-state index contributed by atoms with van der Waals surface area (Å²) in [7, 11) is 0. The number of hydrogen-bond acceptors (Lipinski definition) is 3. The summed E-state index contributed by atoms with van der Waals surface area (Å²) >= 11 is 0. The number of hydrogen-bond donors (Lipinski definition) is 3. The minimum atomic E-state index is -0.190. The van der Waals surface area contributed by atoms with E-state index in [4.69, 9.17) is 10.5 Å². The third-order valence-electron chi connectivity index (χ3n) is 5.07. The van der Waals surface area contributed by atoms with E-state index in [1.54, 1.807) is 0 Å². The first-order chi connectivity index (χ1) is 14.6. The molecule has 0 aliphatic carbocycles. The van der Waals surface area contributed by atoms with Crippen LogP contribution in [0.15, 0.2) is 42.5 Å². The number of fused-ring (bicyclic) bond motifs is 1. The zero-order chi connectivity index (χ0) is 21.5. The Morgan fingerprint density at radius 2 is 1.83 bits per heavy atom. The number of benzene rings is 2. The van der Waals surface area contributed by atoms with Gasteiger partial charge in [-0.25, -0.2) is 4.79 Å². The molecule has 6 heteroatoms. The van der Waals surface area contributed by atoms with E-state index < -0.39 is 0 Å². The van der Waals surface area contributed by atoms with Crippen molar-refractivity contribution in [1.82, 2.24) is 9.88 Å². The van der Waals surface area contributed by atoms with E-state index in [0.29, 0.717) is 13.2 Å². The Balaban J connectivity index is 1.97. The topological polar surface area (TPSA) is 81.3 Å². The van der Waals surface area contributed by atoms with Gasteiger partial charge in [0.2, 0.25) is 0 Å². The van der Waals surface area contributed by atoms with Crippen LogP contribution in [0.4, 0.5) is 16.2 Å². The van der Waals surface area contributed by atoms with Crippen LogP contribution in [0, 0.1) is 0 Å². The van der Waals surface area contributed by atoms with Gasteiger partial charge in [-0.15, -0.1) is 0 Å². The van der Waals surface area contributed by atoms with E-state index in [1.165, 1.54) is 0 Å². The third-order valence-corrected chi connectivity index (χ3v) is 5.07. The second-order valence-corrected chi connectivity index (χ2v) is 7.34. The number of urea groups is 1. The maximum atomic E-state index is 11.9. The normalized spacial score (nSPS) is 10.9. The van der Waals surface area contributed by atoms with Crippen molar-refractivity contribution < 1.29 is 9.53 Å². The summed E-state index contributed by atoms with van der Waals surface area (Å²) in [6.45, 7) is 8.36. The molecule has 2 aromatic carbocycles. The van der Waals surface area contributed by atoms with Crippen molar-refractivity contribution in [3.8, 4) is 17.0 Å². The Labute approximate surface area is 178 Å². The smallest absolute Gasteiger partial charge is 0.319 e. The highest BCUT2D eigenvalue weighted by atomic mass is 16.5. The number of ether oxygens (including phenoxy) is 1. The molecule has 1 heterocycles. The average Bonchev–Trinajstić information content (AvgIpc) is 3.02. The molecule has 2 amide bonds. The highest BCUT2D eigenvalue weighted by molar-refractivity contribution is 6.01. The van der Waals surface area contributed by atoms with Crippen LogP contribution in [0.25, 0.3) is 22.2 Å². The van der Waals surface area contributed by atoms with Crippen LogP contribution >= 0.6 is 0 Å². The predicted octanol–water partition coefficient (Wildman–Crippen LogP) is 5.62. The minimum absolute atomic E-state index is 0.190. The molecule has 0 atom stereocenters. The molecule has 0 fully saturated rings. The fourth-order valence-corrected chi connectivity index (χ4v) is 3.60. The van der Waals surface area contributed by atoms with Gasteiger partial charge in [-0.05, 0) is 44.0 Å². The van der Waals surface area contributed by atoms with Gasteiger partial charge in [-0.2, -0.15) is 0 Å². The van der Waals surface area contributed by atoms with Gasteiger partial charge in [0.25, 0.3) is 0 Å². The first kappa shape index (κ1) is 21.6. The van der Waals surface area contributed by atoms with Crippen LogP contribution in [-0.2, 0) is 6.54 Å². The highest BCUT2D eigenvalue weighted by Gasteiger charge is 2.17. The zero-order valence-corrected chi connectivity index (χ0v) is 18.1. The number of unbranched alkanes of at least 4 members (excludes halogenated alkanes) is 1. The standard InChI is InChI=1S/C24H32N4O2/c1-4-7-15-28-21-16-19(30-6-3)12-13-20(21)22(25)23(28)17-8-10-18(11-9-17)27-24(29)26-14-5-2/h8-13,16H,4-7,14-15,25H2,1-3H3,(H2,26,27,29). The zero-order valence-electron chi connectivity index (χ0n) is 18.1. The molecule has 0 saturated carbocycles. The number of carbonyl (C=O) groups excluding carboxylic acids is 1. The van der Waals surface area contributed by atoms with Gasteiger partial charge >= 0.3 is 6.03 Å². The quantitative estimate of drug-likeness (QED) is 0.430. The Bertz CT molecular complexity index is 993. The molecule has 4 N–H and O–H groups in total. The summed E-state index contributed by atoms with van der Waals surface area (Å²) in [5, 5.41) is 6.71. The molecule has 30 heavy (non-hydrogen) atoms. The van der Waals surface area contributed by atoms with Gasteiger partial charge in [-0.3, -0.25) is 0 Å². The first-order valence-electron chi connectivity index (χ1n) is 10.8. The summed E-state index contributed by atoms with van der Waals surface area (Å²) in [5.74, 6) is 0.851. The van der Waals surface area contributed by atoms with Gasteiger partial charge < -0.3 is 25.7 Å². The van der Waals surface area contributed by atoms with Crippen molar-refractivity contribution in [2.45, 2.75) is 46.6 Å². The highest BCUT2D eigenvalue weighted by Crippen LogP contribution is 2.38. The van der Waals surface area contributed by atoms with Crippen LogP contribution in [-0.4, -0.2) is 23.7 Å². The summed E-state index contributed by atoms with van der Waals surface area (Å²) < 4.78 is 7.99. The molecule has 0 aliphatic rings. The van der Waals surface area contributed by atoms with E-state index in [0.717, 1.165) is 65.1 Å². The monoisotopic (exact) mass is 408 g/mol. The van der Waals surface area contributed by atoms with Gasteiger partial charge in [0.05, 0.1) is 23.5 Å². The molecule has 160 valence electrons. The Morgan fingerprint density at radius 3 is 2.50 bits per heavy atom. The number of aryl methyl sites for hydroxylation is 1. The van der Waals surface area contributed by atoms with Gasteiger partial charge in [-0.1, -0.05) is 32.4 Å². The molecule has 0 aliphatic heterocycles. The fourth-order valence-electron chi connectivity index (χ4n) is 3.60. The van der Waals surface area contributed by atoms with Crippen molar-refractivity contribution in [2.24, 2.45) is 0 Å². The lowest BCUT2D eigenvalue weighted by Crippen LogP contribution is -2.29. The molecular weight excluding hydrogens is 376 g/mol. The average molecular weight is 409 g/mol. The number of nitrogens with one attached hydrogen (secondary N) is 2. The van der Waals surface area contributed by atoms with Crippen molar-refractivity contribution in [3.05, 3.63) is 42.5 Å². The number of nitrogens with zero attached hydrogens (tertiary/aromatic N) is 1. The van der Waals surface area contributed by atoms with Crippen LogP contribution in [0.1, 0.15) is 40.0 Å². The molecule has 6 nitrogen and oxygen atoms in total. The Morgan fingerprint density at radius 1 is 1.07 bits per heavy atom. The second kappa shape index (κ2) is 10.1. The largest absolute Gasteiger partial charge is 0.494 e. The summed E-state index contributed by atoms with van der Waals surface area (Å²) in [6, 6.07) is 13.7. The Hall–Kier alpha value is -3.15. The van der Waals surface area contributed by atoms with Crippen molar-refractivity contribution >= 4 is 28.3 Å². The Kier molecular flexibility index (Phi) is 7.22. The lowest BCUT2D eigenvalue weighted by Gasteiger charge is -2.13. The molecule has 3 aromatic rings. The fraction of sp³-hybridized carbons (Fsp3) is 0.375. The number of nitrogens with two attached hydrogens (primary N) is 1. The van der Waals surface area contributed by atoms with Crippen molar-refractivity contribution in [3.63, 3.8) is 0 Å². The number of nitrogen functional groups attached to an aromatic ring is 1.